The number of hydrogen-bond acceptors (Lipinski definition) is 4. The molecule has 3 aromatic rings. The molecule has 1 fully saturated rings. The average molecular weight is 448 g/mol. The number of amides is 1. The Bertz CT molecular complexity index is 1140. The van der Waals surface area contributed by atoms with Crippen molar-refractivity contribution in [1.29, 1.82) is 0 Å². The van der Waals surface area contributed by atoms with Crippen LogP contribution in [-0.4, -0.2) is 46.1 Å². The molecule has 1 heterocycles. The molecule has 0 aliphatic heterocycles. The van der Waals surface area contributed by atoms with Crippen molar-refractivity contribution in [2.75, 3.05) is 13.2 Å². The van der Waals surface area contributed by atoms with E-state index in [4.69, 9.17) is 9.84 Å². The minimum atomic E-state index is -1.45. The molecule has 1 aromatic heterocycles. The van der Waals surface area contributed by atoms with Crippen LogP contribution in [0.1, 0.15) is 31.2 Å². The number of benzene rings is 2. The highest BCUT2D eigenvalue weighted by molar-refractivity contribution is 5.92. The Morgan fingerprint density at radius 2 is 1.88 bits per heavy atom. The summed E-state index contributed by atoms with van der Waals surface area (Å²) in [6.07, 6.45) is -0.271. The first-order valence-corrected chi connectivity index (χ1v) is 10.2. The summed E-state index contributed by atoms with van der Waals surface area (Å²) in [7, 11) is 0. The van der Waals surface area contributed by atoms with Gasteiger partial charge < -0.3 is 25.3 Å². The van der Waals surface area contributed by atoms with Crippen molar-refractivity contribution in [3.63, 3.8) is 0 Å². The van der Waals surface area contributed by atoms with Crippen LogP contribution in [0.2, 0.25) is 0 Å². The number of alkyl carbamates (subject to hydrolysis) is 1. The fourth-order valence-corrected chi connectivity index (χ4v) is 3.92. The minimum absolute atomic E-state index is 0.136. The van der Waals surface area contributed by atoms with Gasteiger partial charge in [-0.3, -0.25) is 0 Å². The highest BCUT2D eigenvalue weighted by atomic mass is 19.1. The summed E-state index contributed by atoms with van der Waals surface area (Å²) in [5.41, 5.74) is 0.591. The molecular formula is C23H23F3N2O4. The van der Waals surface area contributed by atoms with Gasteiger partial charge in [-0.25, -0.2) is 18.0 Å². The van der Waals surface area contributed by atoms with E-state index in [-0.39, 0.29) is 18.0 Å². The molecular weight excluding hydrogens is 425 g/mol. The summed E-state index contributed by atoms with van der Waals surface area (Å²) >= 11 is 0. The van der Waals surface area contributed by atoms with Crippen LogP contribution in [0.15, 0.2) is 36.4 Å². The second-order valence-corrected chi connectivity index (χ2v) is 8.43. The molecule has 4 rings (SSSR count). The topological polar surface area (TPSA) is 94.6 Å². The normalized spacial score (nSPS) is 19.9. The summed E-state index contributed by atoms with van der Waals surface area (Å²) in [6, 6.07) is 7.76. The number of ether oxygens (including phenoxy) is 1. The molecule has 0 radical (unpaired) electrons. The molecule has 2 aromatic carbocycles. The van der Waals surface area contributed by atoms with Crippen molar-refractivity contribution in [2.45, 2.75) is 37.4 Å². The Labute approximate surface area is 182 Å². The molecule has 170 valence electrons. The lowest BCUT2D eigenvalue weighted by Gasteiger charge is -2.35. The molecule has 32 heavy (non-hydrogen) atoms. The third-order valence-corrected chi connectivity index (χ3v) is 5.73. The molecule has 0 saturated heterocycles. The van der Waals surface area contributed by atoms with Crippen molar-refractivity contribution in [3.05, 3.63) is 59.4 Å². The van der Waals surface area contributed by atoms with Gasteiger partial charge in [-0.2, -0.15) is 0 Å². The Hall–Kier alpha value is -3.04. The highest BCUT2D eigenvalue weighted by Crippen LogP contribution is 2.46. The van der Waals surface area contributed by atoms with Gasteiger partial charge in [0.1, 0.15) is 29.2 Å². The number of hydrogen-bond donors (Lipinski definition) is 4. The van der Waals surface area contributed by atoms with E-state index in [2.05, 4.69) is 10.3 Å². The zero-order chi connectivity index (χ0) is 23.0. The first-order chi connectivity index (χ1) is 15.2. The SMILES string of the molecule is CC(O)(CO)CNC(=O)OC1CC(c2c(-c3ccc(F)cc3)[nH]c3c(F)cc(F)cc23)C1. The largest absolute Gasteiger partial charge is 0.446 e. The lowest BCUT2D eigenvalue weighted by Crippen LogP contribution is -2.45. The van der Waals surface area contributed by atoms with Crippen LogP contribution < -0.4 is 5.32 Å². The van der Waals surface area contributed by atoms with E-state index in [9.17, 15) is 23.1 Å². The van der Waals surface area contributed by atoms with E-state index in [1.807, 2.05) is 0 Å². The van der Waals surface area contributed by atoms with Crippen molar-refractivity contribution in [1.82, 2.24) is 10.3 Å². The number of nitrogens with one attached hydrogen (secondary N) is 2. The van der Waals surface area contributed by atoms with Crippen LogP contribution in [0.3, 0.4) is 0 Å². The number of halogens is 3. The maximum Gasteiger partial charge on any atom is 0.407 e. The highest BCUT2D eigenvalue weighted by Gasteiger charge is 2.37. The summed E-state index contributed by atoms with van der Waals surface area (Å²) in [6.45, 7) is 0.686. The predicted octanol–water partition coefficient (Wildman–Crippen LogP) is 3.97. The molecule has 6 nitrogen and oxygen atoms in total. The zero-order valence-corrected chi connectivity index (χ0v) is 17.3. The van der Waals surface area contributed by atoms with Gasteiger partial charge in [0.2, 0.25) is 0 Å². The average Bonchev–Trinajstić information content (AvgIpc) is 3.08. The molecule has 1 aliphatic rings. The first kappa shape index (κ1) is 22.2. The molecule has 1 amide bonds. The number of aliphatic hydroxyl groups excluding tert-OH is 1. The van der Waals surface area contributed by atoms with Crippen LogP contribution in [0, 0.1) is 17.5 Å². The maximum absolute atomic E-state index is 14.4. The predicted molar refractivity (Wildman–Crippen MR) is 112 cm³/mol. The Morgan fingerprint density at radius 1 is 1.19 bits per heavy atom. The smallest absolute Gasteiger partial charge is 0.407 e. The van der Waals surface area contributed by atoms with E-state index in [1.54, 1.807) is 12.1 Å². The number of H-pyrrole nitrogens is 1. The number of fused-ring (bicyclic) bond motifs is 1. The fourth-order valence-electron chi connectivity index (χ4n) is 3.92. The van der Waals surface area contributed by atoms with Gasteiger partial charge in [-0.05, 0) is 67.1 Å². The summed E-state index contributed by atoms with van der Waals surface area (Å²) in [4.78, 5) is 15.0. The number of aromatic nitrogens is 1. The van der Waals surface area contributed by atoms with Gasteiger partial charge in [0, 0.05) is 11.5 Å². The summed E-state index contributed by atoms with van der Waals surface area (Å²) in [5.74, 6) is -1.98. The minimum Gasteiger partial charge on any atom is -0.446 e. The number of carbonyl (C=O) groups excluding carboxylic acids is 1. The lowest BCUT2D eigenvalue weighted by molar-refractivity contribution is -0.00343. The van der Waals surface area contributed by atoms with E-state index in [0.29, 0.717) is 35.0 Å². The molecule has 0 spiro atoms. The van der Waals surface area contributed by atoms with Crippen LogP contribution in [0.4, 0.5) is 18.0 Å². The monoisotopic (exact) mass is 448 g/mol. The van der Waals surface area contributed by atoms with Gasteiger partial charge in [0.15, 0.2) is 0 Å². The first-order valence-electron chi connectivity index (χ1n) is 10.2. The standard InChI is InChI=1S/C23H23F3N2O4/c1-23(31,11-29)10-27-22(30)32-16-6-13(7-16)19-17-8-15(25)9-18(26)21(17)28-20(19)12-2-4-14(24)5-3-12/h2-5,8-9,13,16,28-29,31H,6-7,10-11H2,1H3,(H,27,30). The van der Waals surface area contributed by atoms with E-state index in [0.717, 1.165) is 6.07 Å². The van der Waals surface area contributed by atoms with Crippen LogP contribution in [-0.2, 0) is 4.74 Å². The third kappa shape index (κ3) is 4.44. The number of aromatic amines is 1. The van der Waals surface area contributed by atoms with E-state index < -0.39 is 41.9 Å². The Balaban J connectivity index is 1.55. The van der Waals surface area contributed by atoms with Gasteiger partial charge in [-0.15, -0.1) is 0 Å². The van der Waals surface area contributed by atoms with Gasteiger partial charge in [0.05, 0.1) is 24.4 Å². The van der Waals surface area contributed by atoms with Gasteiger partial charge in [0.25, 0.3) is 0 Å². The number of carbonyl (C=O) groups is 1. The number of rotatable bonds is 6. The molecule has 1 saturated carbocycles. The van der Waals surface area contributed by atoms with Gasteiger partial charge in [-0.1, -0.05) is 0 Å². The van der Waals surface area contributed by atoms with Crippen LogP contribution in [0.5, 0.6) is 0 Å². The van der Waals surface area contributed by atoms with Crippen molar-refractivity contribution in [3.8, 4) is 11.3 Å². The quantitative estimate of drug-likeness (QED) is 0.459. The van der Waals surface area contributed by atoms with Crippen molar-refractivity contribution < 1.29 is 32.9 Å². The summed E-state index contributed by atoms with van der Waals surface area (Å²) < 4.78 is 47.1. The molecule has 4 N–H and O–H groups in total. The Kier molecular flexibility index (Phi) is 5.87. The van der Waals surface area contributed by atoms with Crippen LogP contribution in [0.25, 0.3) is 22.2 Å². The van der Waals surface area contributed by atoms with E-state index in [1.165, 1.54) is 25.1 Å². The molecule has 1 aliphatic carbocycles. The maximum atomic E-state index is 14.4. The Morgan fingerprint density at radius 3 is 2.53 bits per heavy atom. The van der Waals surface area contributed by atoms with E-state index >= 15 is 0 Å². The second kappa shape index (κ2) is 8.48. The van der Waals surface area contributed by atoms with Crippen LogP contribution >= 0.6 is 0 Å². The fraction of sp³-hybridized carbons (Fsp3) is 0.348. The van der Waals surface area contributed by atoms with Crippen molar-refractivity contribution >= 4 is 17.0 Å². The molecule has 1 unspecified atom stereocenters. The molecule has 9 heteroatoms. The number of aliphatic hydroxyl groups is 2. The molecule has 1 atom stereocenters. The zero-order valence-electron chi connectivity index (χ0n) is 17.3. The second-order valence-electron chi connectivity index (χ2n) is 8.43. The molecule has 0 bridgehead atoms. The summed E-state index contributed by atoms with van der Waals surface area (Å²) in [5, 5.41) is 21.6. The lowest BCUT2D eigenvalue weighted by atomic mass is 9.75. The third-order valence-electron chi connectivity index (χ3n) is 5.73. The van der Waals surface area contributed by atoms with Crippen molar-refractivity contribution in [2.24, 2.45) is 0 Å². The van der Waals surface area contributed by atoms with Gasteiger partial charge >= 0.3 is 6.09 Å².